The highest BCUT2D eigenvalue weighted by Crippen LogP contribution is 2.32. The van der Waals surface area contributed by atoms with E-state index >= 15 is 0 Å². The van der Waals surface area contributed by atoms with Crippen molar-refractivity contribution >= 4 is 33.3 Å². The van der Waals surface area contributed by atoms with Gasteiger partial charge in [-0.3, -0.25) is 9.55 Å². The van der Waals surface area contributed by atoms with E-state index in [2.05, 4.69) is 33.5 Å². The van der Waals surface area contributed by atoms with Crippen molar-refractivity contribution in [3.05, 3.63) is 77.8 Å². The number of halogens is 1. The summed E-state index contributed by atoms with van der Waals surface area (Å²) in [7, 11) is 0. The van der Waals surface area contributed by atoms with Crippen molar-refractivity contribution in [3.8, 4) is 16.1 Å². The van der Waals surface area contributed by atoms with Crippen LogP contribution in [-0.2, 0) is 6.42 Å². The summed E-state index contributed by atoms with van der Waals surface area (Å²) >= 11 is 1.70. The lowest BCUT2D eigenvalue weighted by Crippen LogP contribution is -2.05. The molecular weight excluding hydrogens is 371 g/mol. The number of fused-ring (bicyclic) bond motifs is 3. The number of hydrogen-bond donors (Lipinski definition) is 1. The Morgan fingerprint density at radius 1 is 1.04 bits per heavy atom. The molecule has 0 fully saturated rings. The molecule has 6 heteroatoms. The molecule has 0 spiro atoms. The third-order valence-electron chi connectivity index (χ3n) is 4.91. The van der Waals surface area contributed by atoms with Gasteiger partial charge in [-0.15, -0.1) is 11.3 Å². The summed E-state index contributed by atoms with van der Waals surface area (Å²) in [6.07, 6.45) is 4.01. The summed E-state index contributed by atoms with van der Waals surface area (Å²) < 4.78 is 16.4. The lowest BCUT2D eigenvalue weighted by atomic mass is 10.1. The van der Waals surface area contributed by atoms with E-state index in [9.17, 15) is 4.39 Å². The molecular formula is C22H17FN4S. The maximum atomic E-state index is 14.5. The number of aromatic nitrogens is 3. The van der Waals surface area contributed by atoms with Crippen molar-refractivity contribution in [2.24, 2.45) is 5.73 Å². The fourth-order valence-electron chi connectivity index (χ4n) is 3.53. The fourth-order valence-corrected chi connectivity index (χ4v) is 4.25. The van der Waals surface area contributed by atoms with Crippen LogP contribution >= 0.6 is 11.3 Å². The molecule has 3 aromatic heterocycles. The minimum absolute atomic E-state index is 0.248. The van der Waals surface area contributed by atoms with Gasteiger partial charge in [-0.2, -0.15) is 0 Å². The highest BCUT2D eigenvalue weighted by molar-refractivity contribution is 7.13. The number of hydrogen-bond acceptors (Lipinski definition) is 4. The molecule has 0 aliphatic heterocycles. The largest absolute Gasteiger partial charge is 0.330 e. The summed E-state index contributed by atoms with van der Waals surface area (Å²) in [5.41, 5.74) is 10.6. The van der Waals surface area contributed by atoms with Crippen LogP contribution in [0.4, 0.5) is 4.39 Å². The zero-order valence-electron chi connectivity index (χ0n) is 15.0. The Bertz CT molecular complexity index is 1290. The smallest absolute Gasteiger partial charge is 0.128 e. The number of imidazole rings is 1. The topological polar surface area (TPSA) is 56.7 Å². The van der Waals surface area contributed by atoms with E-state index in [0.29, 0.717) is 18.5 Å². The van der Waals surface area contributed by atoms with E-state index in [1.165, 1.54) is 4.88 Å². The predicted molar refractivity (Wildman–Crippen MR) is 112 cm³/mol. The van der Waals surface area contributed by atoms with Crippen LogP contribution in [0.3, 0.4) is 0 Å². The van der Waals surface area contributed by atoms with Crippen molar-refractivity contribution in [2.75, 3.05) is 6.54 Å². The van der Waals surface area contributed by atoms with E-state index in [0.717, 1.165) is 33.2 Å². The number of nitrogens with zero attached hydrogens (tertiary/aromatic N) is 3. The van der Waals surface area contributed by atoms with Gasteiger partial charge in [-0.05, 0) is 59.8 Å². The molecule has 0 saturated heterocycles. The van der Waals surface area contributed by atoms with Gasteiger partial charge in [0.25, 0.3) is 0 Å². The van der Waals surface area contributed by atoms with Crippen LogP contribution in [0.25, 0.3) is 38.1 Å². The van der Waals surface area contributed by atoms with Crippen LogP contribution in [0.15, 0.2) is 66.4 Å². The molecule has 138 valence electrons. The lowest BCUT2D eigenvalue weighted by Gasteiger charge is -2.09. The van der Waals surface area contributed by atoms with Crippen LogP contribution in [0.1, 0.15) is 5.56 Å². The number of rotatable bonds is 4. The second-order valence-electron chi connectivity index (χ2n) is 6.63. The molecule has 0 aliphatic rings. The highest BCUT2D eigenvalue weighted by atomic mass is 32.1. The molecule has 5 rings (SSSR count). The third-order valence-corrected chi connectivity index (χ3v) is 5.83. The molecule has 0 atom stereocenters. The Morgan fingerprint density at radius 2 is 1.96 bits per heavy atom. The van der Waals surface area contributed by atoms with Gasteiger partial charge < -0.3 is 5.73 Å². The van der Waals surface area contributed by atoms with Crippen LogP contribution < -0.4 is 5.73 Å². The van der Waals surface area contributed by atoms with E-state index < -0.39 is 0 Å². The fraction of sp³-hybridized carbons (Fsp3) is 0.0909. The van der Waals surface area contributed by atoms with Crippen LogP contribution in [0.5, 0.6) is 0 Å². The normalized spacial score (nSPS) is 11.5. The first-order valence-electron chi connectivity index (χ1n) is 9.03. The molecule has 5 aromatic rings. The molecule has 0 unspecified atom stereocenters. The van der Waals surface area contributed by atoms with Crippen molar-refractivity contribution in [1.82, 2.24) is 14.5 Å². The first-order chi connectivity index (χ1) is 13.7. The van der Waals surface area contributed by atoms with Gasteiger partial charge in [0.2, 0.25) is 0 Å². The average molecular weight is 388 g/mol. The molecule has 3 heterocycles. The molecule has 0 radical (unpaired) electrons. The van der Waals surface area contributed by atoms with Gasteiger partial charge in [-0.1, -0.05) is 18.2 Å². The number of benzene rings is 2. The van der Waals surface area contributed by atoms with Crippen molar-refractivity contribution in [1.29, 1.82) is 0 Å². The number of pyridine rings is 1. The van der Waals surface area contributed by atoms with E-state index in [-0.39, 0.29) is 5.82 Å². The number of nitrogens with two attached hydrogens (primary N) is 1. The summed E-state index contributed by atoms with van der Waals surface area (Å²) in [5.74, 6) is -0.248. The number of thiophene rings is 1. The van der Waals surface area contributed by atoms with Gasteiger partial charge in [-0.25, -0.2) is 9.37 Å². The van der Waals surface area contributed by atoms with Gasteiger partial charge >= 0.3 is 0 Å². The molecule has 0 aliphatic carbocycles. The van der Waals surface area contributed by atoms with E-state index in [1.807, 2.05) is 22.8 Å². The maximum absolute atomic E-state index is 14.5. The van der Waals surface area contributed by atoms with Gasteiger partial charge in [0.15, 0.2) is 0 Å². The van der Waals surface area contributed by atoms with Gasteiger partial charge in [0, 0.05) is 10.3 Å². The van der Waals surface area contributed by atoms with Crippen LogP contribution in [0.2, 0.25) is 0 Å². The van der Waals surface area contributed by atoms with Gasteiger partial charge in [0.1, 0.15) is 17.7 Å². The zero-order valence-corrected chi connectivity index (χ0v) is 15.8. The second kappa shape index (κ2) is 6.82. The SMILES string of the molecule is NCCc1ccc(-n2cnc3cnc4ccc(-c5cccs5)cc4c32)cc1F. The Balaban J connectivity index is 1.74. The molecule has 28 heavy (non-hydrogen) atoms. The first-order valence-corrected chi connectivity index (χ1v) is 9.91. The van der Waals surface area contributed by atoms with Crippen LogP contribution in [-0.4, -0.2) is 21.1 Å². The van der Waals surface area contributed by atoms with E-state index in [1.54, 1.807) is 36.0 Å². The Morgan fingerprint density at radius 3 is 2.75 bits per heavy atom. The second-order valence-corrected chi connectivity index (χ2v) is 7.58. The minimum Gasteiger partial charge on any atom is -0.330 e. The molecule has 0 bridgehead atoms. The maximum Gasteiger partial charge on any atom is 0.128 e. The van der Waals surface area contributed by atoms with Crippen molar-refractivity contribution in [2.45, 2.75) is 6.42 Å². The average Bonchev–Trinajstić information content (AvgIpc) is 3.39. The standard InChI is InChI=1S/C22H17FN4S/c23-18-11-16(5-3-14(18)7-8-24)27-13-26-20-12-25-19-6-4-15(10-17(19)22(20)27)21-2-1-9-28-21/h1-6,9-13H,7-8,24H2. The van der Waals surface area contributed by atoms with Gasteiger partial charge in [0.05, 0.1) is 22.9 Å². The zero-order chi connectivity index (χ0) is 19.1. The highest BCUT2D eigenvalue weighted by Gasteiger charge is 2.13. The molecule has 0 amide bonds. The monoisotopic (exact) mass is 388 g/mol. The van der Waals surface area contributed by atoms with Crippen LogP contribution in [0, 0.1) is 5.82 Å². The molecule has 2 N–H and O–H groups in total. The third kappa shape index (κ3) is 2.78. The minimum atomic E-state index is -0.248. The van der Waals surface area contributed by atoms with E-state index in [4.69, 9.17) is 5.73 Å². The molecule has 2 aromatic carbocycles. The van der Waals surface area contributed by atoms with Crippen molar-refractivity contribution < 1.29 is 4.39 Å². The summed E-state index contributed by atoms with van der Waals surface area (Å²) in [6, 6.07) is 15.6. The Hall–Kier alpha value is -3.09. The quantitative estimate of drug-likeness (QED) is 0.474. The summed E-state index contributed by atoms with van der Waals surface area (Å²) in [5, 5.41) is 3.06. The summed E-state index contributed by atoms with van der Waals surface area (Å²) in [4.78, 5) is 10.2. The van der Waals surface area contributed by atoms with Crippen molar-refractivity contribution in [3.63, 3.8) is 0 Å². The first kappa shape index (κ1) is 17.0. The Labute approximate surface area is 165 Å². The Kier molecular flexibility index (Phi) is 4.15. The molecule has 0 saturated carbocycles. The lowest BCUT2D eigenvalue weighted by molar-refractivity contribution is 0.608. The molecule has 4 nitrogen and oxygen atoms in total. The summed E-state index contributed by atoms with van der Waals surface area (Å²) in [6.45, 7) is 0.423. The predicted octanol–water partition coefficient (Wildman–Crippen LogP) is 4.94.